The molecule has 0 amide bonds. The van der Waals surface area contributed by atoms with Crippen molar-refractivity contribution in [2.45, 2.75) is 64.5 Å². The van der Waals surface area contributed by atoms with Gasteiger partial charge in [-0.25, -0.2) is 0 Å². The normalized spacial score (nSPS) is 46.0. The number of thiophene rings is 1. The molecule has 3 heteroatoms. The molecule has 4 bridgehead atoms. The van der Waals surface area contributed by atoms with E-state index in [2.05, 4.69) is 46.5 Å². The third kappa shape index (κ3) is 2.21. The fraction of sp³-hybridized carbons (Fsp3) is 0.765. The third-order valence-electron chi connectivity index (χ3n) is 5.94. The molecule has 1 heterocycles. The highest BCUT2D eigenvalue weighted by Gasteiger charge is 2.59. The Hall–Kier alpha value is 0.140. The van der Waals surface area contributed by atoms with Gasteiger partial charge < -0.3 is 5.32 Å². The molecule has 4 aliphatic rings. The van der Waals surface area contributed by atoms with Crippen LogP contribution in [0.3, 0.4) is 0 Å². The Morgan fingerprint density at radius 1 is 1.20 bits per heavy atom. The van der Waals surface area contributed by atoms with E-state index in [1.165, 1.54) is 47.9 Å². The zero-order chi connectivity index (χ0) is 14.0. The fourth-order valence-electron chi connectivity index (χ4n) is 6.36. The van der Waals surface area contributed by atoms with Gasteiger partial charge in [0.05, 0.1) is 0 Å². The first kappa shape index (κ1) is 13.8. The molecule has 0 saturated heterocycles. The second-order valence-electron chi connectivity index (χ2n) is 8.46. The highest BCUT2D eigenvalue weighted by atomic mass is 79.9. The zero-order valence-electron chi connectivity index (χ0n) is 12.5. The largest absolute Gasteiger partial charge is 0.306 e. The molecule has 1 aromatic heterocycles. The van der Waals surface area contributed by atoms with Gasteiger partial charge in [0.1, 0.15) is 0 Å². The van der Waals surface area contributed by atoms with Crippen LogP contribution in [0.2, 0.25) is 0 Å². The van der Waals surface area contributed by atoms with E-state index in [0.29, 0.717) is 16.4 Å². The van der Waals surface area contributed by atoms with Gasteiger partial charge in [0.15, 0.2) is 0 Å². The van der Waals surface area contributed by atoms with Crippen LogP contribution in [0, 0.1) is 16.7 Å². The summed E-state index contributed by atoms with van der Waals surface area (Å²) in [6, 6.07) is 2.17. The van der Waals surface area contributed by atoms with Crippen LogP contribution in [0.15, 0.2) is 15.9 Å². The van der Waals surface area contributed by atoms with Crippen LogP contribution in [0.4, 0.5) is 0 Å². The molecule has 4 saturated carbocycles. The Kier molecular flexibility index (Phi) is 2.98. The second-order valence-corrected chi connectivity index (χ2v) is 10.3. The molecule has 0 spiro atoms. The standard InChI is InChI=1S/C17H24BrNS/c1-15-5-12-6-16(2,9-15)11-17(7-12,10-15)19-8-14-13(18)3-4-20-14/h3-4,12,19H,5-11H2,1-2H3. The van der Waals surface area contributed by atoms with Gasteiger partial charge in [-0.1, -0.05) is 13.8 Å². The van der Waals surface area contributed by atoms with Crippen LogP contribution in [-0.2, 0) is 6.54 Å². The van der Waals surface area contributed by atoms with E-state index >= 15 is 0 Å². The van der Waals surface area contributed by atoms with E-state index in [1.807, 2.05) is 11.3 Å². The van der Waals surface area contributed by atoms with Gasteiger partial charge in [-0.2, -0.15) is 0 Å². The average Bonchev–Trinajstić information content (AvgIpc) is 2.67. The van der Waals surface area contributed by atoms with Crippen molar-refractivity contribution < 1.29 is 0 Å². The average molecular weight is 354 g/mol. The molecule has 0 aliphatic heterocycles. The minimum Gasteiger partial charge on any atom is -0.306 e. The summed E-state index contributed by atoms with van der Waals surface area (Å²) in [4.78, 5) is 1.45. The van der Waals surface area contributed by atoms with Crippen molar-refractivity contribution in [3.05, 3.63) is 20.8 Å². The summed E-state index contributed by atoms with van der Waals surface area (Å²) in [7, 11) is 0. The second kappa shape index (κ2) is 4.33. The number of nitrogens with one attached hydrogen (secondary N) is 1. The lowest BCUT2D eigenvalue weighted by Crippen LogP contribution is -2.63. The van der Waals surface area contributed by atoms with E-state index in [9.17, 15) is 0 Å². The Balaban J connectivity index is 1.56. The van der Waals surface area contributed by atoms with Gasteiger partial charge in [0, 0.05) is 21.4 Å². The minimum atomic E-state index is 0.423. The molecule has 2 atom stereocenters. The molecular weight excluding hydrogens is 330 g/mol. The zero-order valence-corrected chi connectivity index (χ0v) is 14.9. The summed E-state index contributed by atoms with van der Waals surface area (Å²) in [5, 5.41) is 6.19. The smallest absolute Gasteiger partial charge is 0.0327 e. The van der Waals surface area contributed by atoms with Gasteiger partial charge in [-0.15, -0.1) is 11.3 Å². The fourth-order valence-corrected chi connectivity index (χ4v) is 7.80. The van der Waals surface area contributed by atoms with Crippen LogP contribution in [0.25, 0.3) is 0 Å². The maximum atomic E-state index is 4.00. The van der Waals surface area contributed by atoms with Gasteiger partial charge in [-0.3, -0.25) is 0 Å². The summed E-state index contributed by atoms with van der Waals surface area (Å²) < 4.78 is 1.28. The van der Waals surface area contributed by atoms with Crippen molar-refractivity contribution in [3.63, 3.8) is 0 Å². The van der Waals surface area contributed by atoms with E-state index in [0.717, 1.165) is 12.5 Å². The van der Waals surface area contributed by atoms with E-state index < -0.39 is 0 Å². The molecule has 20 heavy (non-hydrogen) atoms. The lowest BCUT2D eigenvalue weighted by Gasteiger charge is -2.65. The van der Waals surface area contributed by atoms with Crippen molar-refractivity contribution >= 4 is 27.3 Å². The Morgan fingerprint density at radius 2 is 1.90 bits per heavy atom. The van der Waals surface area contributed by atoms with Gasteiger partial charge in [0.25, 0.3) is 0 Å². The highest BCUT2D eigenvalue weighted by molar-refractivity contribution is 9.10. The van der Waals surface area contributed by atoms with Crippen molar-refractivity contribution in [2.24, 2.45) is 16.7 Å². The third-order valence-corrected chi connectivity index (χ3v) is 7.87. The number of halogens is 1. The molecule has 4 fully saturated rings. The number of hydrogen-bond acceptors (Lipinski definition) is 2. The minimum absolute atomic E-state index is 0.423. The van der Waals surface area contributed by atoms with Gasteiger partial charge >= 0.3 is 0 Å². The monoisotopic (exact) mass is 353 g/mol. The lowest BCUT2D eigenvalue weighted by atomic mass is 9.43. The molecule has 2 unspecified atom stereocenters. The summed E-state index contributed by atoms with van der Waals surface area (Å²) in [5.74, 6) is 0.973. The van der Waals surface area contributed by atoms with Crippen LogP contribution >= 0.6 is 27.3 Å². The first-order valence-corrected chi connectivity index (χ1v) is 9.54. The van der Waals surface area contributed by atoms with E-state index in [1.54, 1.807) is 0 Å². The molecular formula is C17H24BrNS. The molecule has 0 radical (unpaired) electrons. The molecule has 1 aromatic rings. The summed E-state index contributed by atoms with van der Waals surface area (Å²) in [5.41, 5.74) is 1.63. The molecule has 1 N–H and O–H groups in total. The van der Waals surface area contributed by atoms with E-state index in [4.69, 9.17) is 0 Å². The van der Waals surface area contributed by atoms with Crippen LogP contribution in [0.5, 0.6) is 0 Å². The first-order valence-electron chi connectivity index (χ1n) is 7.86. The number of rotatable bonds is 3. The van der Waals surface area contributed by atoms with Gasteiger partial charge in [-0.05, 0) is 82.6 Å². The highest BCUT2D eigenvalue weighted by Crippen LogP contribution is 2.66. The quantitative estimate of drug-likeness (QED) is 0.772. The SMILES string of the molecule is CC12CC3CC(C)(C1)CC(NCc1sccc1Br)(C3)C2. The number of hydrogen-bond donors (Lipinski definition) is 1. The molecule has 5 rings (SSSR count). The van der Waals surface area contributed by atoms with E-state index in [-0.39, 0.29) is 0 Å². The molecule has 4 aliphatic carbocycles. The Labute approximate surface area is 134 Å². The summed E-state index contributed by atoms with van der Waals surface area (Å²) in [6.45, 7) is 6.14. The Bertz CT molecular complexity index is 519. The van der Waals surface area contributed by atoms with Gasteiger partial charge in [0.2, 0.25) is 0 Å². The van der Waals surface area contributed by atoms with Crippen LogP contribution in [0.1, 0.15) is 57.2 Å². The summed E-state index contributed by atoms with van der Waals surface area (Å²) in [6.07, 6.45) is 8.64. The molecule has 110 valence electrons. The van der Waals surface area contributed by atoms with Crippen LogP contribution in [-0.4, -0.2) is 5.54 Å². The summed E-state index contributed by atoms with van der Waals surface area (Å²) >= 11 is 5.54. The van der Waals surface area contributed by atoms with Crippen LogP contribution < -0.4 is 5.32 Å². The van der Waals surface area contributed by atoms with Crippen molar-refractivity contribution in [1.29, 1.82) is 0 Å². The molecule has 1 nitrogen and oxygen atoms in total. The topological polar surface area (TPSA) is 12.0 Å². The predicted octanol–water partition coefficient (Wildman–Crippen LogP) is 5.35. The maximum absolute atomic E-state index is 4.00. The molecule has 0 aromatic carbocycles. The predicted molar refractivity (Wildman–Crippen MR) is 89.0 cm³/mol. The van der Waals surface area contributed by atoms with Crippen molar-refractivity contribution in [3.8, 4) is 0 Å². The Morgan fingerprint density at radius 3 is 2.45 bits per heavy atom. The first-order chi connectivity index (χ1) is 9.40. The van der Waals surface area contributed by atoms with Crippen molar-refractivity contribution in [2.75, 3.05) is 0 Å². The lowest BCUT2D eigenvalue weighted by molar-refractivity contribution is -0.118. The maximum Gasteiger partial charge on any atom is 0.0327 e. The van der Waals surface area contributed by atoms with Crippen molar-refractivity contribution in [1.82, 2.24) is 5.32 Å².